The number of thiol groups is 1. The van der Waals surface area contributed by atoms with Crippen LogP contribution in [0.3, 0.4) is 0 Å². The van der Waals surface area contributed by atoms with Gasteiger partial charge in [-0.15, -0.1) is 11.3 Å². The predicted octanol–water partition coefficient (Wildman–Crippen LogP) is 3.29. The summed E-state index contributed by atoms with van der Waals surface area (Å²) in [5.74, 6) is 1.67. The van der Waals surface area contributed by atoms with Crippen LogP contribution in [0.5, 0.6) is 0 Å². The summed E-state index contributed by atoms with van der Waals surface area (Å²) in [5, 5.41) is 2.10. The van der Waals surface area contributed by atoms with Crippen LogP contribution < -0.4 is 0 Å². The van der Waals surface area contributed by atoms with Crippen molar-refractivity contribution in [3.8, 4) is 10.6 Å². The first kappa shape index (κ1) is 11.6. The molecule has 16 heavy (non-hydrogen) atoms. The zero-order chi connectivity index (χ0) is 11.5. The van der Waals surface area contributed by atoms with Gasteiger partial charge >= 0.3 is 0 Å². The van der Waals surface area contributed by atoms with Crippen LogP contribution in [0.15, 0.2) is 17.5 Å². The Bertz CT molecular complexity index is 492. The fourth-order valence-corrected chi connectivity index (χ4v) is 2.68. The number of aryl methyl sites for hydroxylation is 3. The average molecular weight is 250 g/mol. The second-order valence-electron chi connectivity index (χ2n) is 3.72. The molecular formula is C12H14N2S2. The molecule has 0 aliphatic heterocycles. The van der Waals surface area contributed by atoms with Crippen molar-refractivity contribution < 1.29 is 0 Å². The first-order valence-electron chi connectivity index (χ1n) is 5.20. The van der Waals surface area contributed by atoms with Gasteiger partial charge in [-0.2, -0.15) is 12.6 Å². The van der Waals surface area contributed by atoms with Crippen LogP contribution in [-0.4, -0.2) is 15.7 Å². The van der Waals surface area contributed by atoms with Crippen molar-refractivity contribution in [3.05, 3.63) is 34.6 Å². The Balaban J connectivity index is 2.45. The fourth-order valence-electron chi connectivity index (χ4n) is 1.59. The highest BCUT2D eigenvalue weighted by Gasteiger charge is 2.07. The van der Waals surface area contributed by atoms with E-state index in [0.29, 0.717) is 0 Å². The van der Waals surface area contributed by atoms with E-state index in [4.69, 9.17) is 0 Å². The molecule has 2 aromatic heterocycles. The molecule has 0 saturated carbocycles. The molecule has 0 atom stereocenters. The monoisotopic (exact) mass is 250 g/mol. The van der Waals surface area contributed by atoms with Crippen LogP contribution in [0, 0.1) is 13.8 Å². The lowest BCUT2D eigenvalue weighted by Gasteiger charge is -2.04. The summed E-state index contributed by atoms with van der Waals surface area (Å²) in [5.41, 5.74) is 3.34. The average Bonchev–Trinajstić information content (AvgIpc) is 2.64. The maximum absolute atomic E-state index is 4.58. The second-order valence-corrected chi connectivity index (χ2v) is 5.08. The number of hydrogen-bond acceptors (Lipinski definition) is 4. The van der Waals surface area contributed by atoms with Crippen molar-refractivity contribution >= 4 is 24.0 Å². The number of nitrogens with zero attached hydrogens (tertiary/aromatic N) is 2. The maximum Gasteiger partial charge on any atom is 0.130 e. The van der Waals surface area contributed by atoms with Crippen LogP contribution >= 0.6 is 24.0 Å². The summed E-state index contributed by atoms with van der Waals surface area (Å²) in [6, 6.07) is 4.16. The normalized spacial score (nSPS) is 10.7. The van der Waals surface area contributed by atoms with Gasteiger partial charge < -0.3 is 0 Å². The highest BCUT2D eigenvalue weighted by Crippen LogP contribution is 2.27. The molecule has 2 heterocycles. The molecule has 0 spiro atoms. The molecule has 2 rings (SSSR count). The van der Waals surface area contributed by atoms with Gasteiger partial charge in [0.25, 0.3) is 0 Å². The van der Waals surface area contributed by atoms with Gasteiger partial charge in [0, 0.05) is 12.1 Å². The Morgan fingerprint density at radius 1 is 1.31 bits per heavy atom. The summed E-state index contributed by atoms with van der Waals surface area (Å²) >= 11 is 5.95. The molecule has 0 fully saturated rings. The van der Waals surface area contributed by atoms with E-state index in [2.05, 4.69) is 41.0 Å². The molecule has 0 aliphatic rings. The van der Waals surface area contributed by atoms with Gasteiger partial charge in [0.15, 0.2) is 0 Å². The van der Waals surface area contributed by atoms with Crippen molar-refractivity contribution in [2.75, 3.05) is 5.75 Å². The molecule has 4 heteroatoms. The molecule has 0 unspecified atom stereocenters. The molecule has 0 aromatic carbocycles. The lowest BCUT2D eigenvalue weighted by Crippen LogP contribution is -1.99. The van der Waals surface area contributed by atoms with Crippen LogP contribution in [0.2, 0.25) is 0 Å². The number of aromatic nitrogens is 2. The van der Waals surface area contributed by atoms with Gasteiger partial charge in [-0.3, -0.25) is 0 Å². The number of thiophene rings is 1. The minimum absolute atomic E-state index is 0.784. The number of rotatable bonds is 3. The minimum atomic E-state index is 0.784. The molecule has 0 bridgehead atoms. The molecule has 2 nitrogen and oxygen atoms in total. The Kier molecular flexibility index (Phi) is 3.61. The summed E-state index contributed by atoms with van der Waals surface area (Å²) in [6.45, 7) is 4.12. The Labute approximate surface area is 105 Å². The topological polar surface area (TPSA) is 25.8 Å². The Hall–Kier alpha value is -0.870. The molecule has 0 radical (unpaired) electrons. The maximum atomic E-state index is 4.58. The van der Waals surface area contributed by atoms with E-state index in [9.17, 15) is 0 Å². The van der Waals surface area contributed by atoms with Crippen LogP contribution in [0.4, 0.5) is 0 Å². The fraction of sp³-hybridized carbons (Fsp3) is 0.333. The smallest absolute Gasteiger partial charge is 0.130 e. The molecule has 0 saturated heterocycles. The van der Waals surface area contributed by atoms with Crippen LogP contribution in [0.25, 0.3) is 10.6 Å². The van der Waals surface area contributed by atoms with Crippen molar-refractivity contribution in [1.82, 2.24) is 9.97 Å². The quantitative estimate of drug-likeness (QED) is 0.846. The van der Waals surface area contributed by atoms with Crippen molar-refractivity contribution in [3.63, 3.8) is 0 Å². The minimum Gasteiger partial charge on any atom is -0.238 e. The van der Waals surface area contributed by atoms with E-state index in [1.165, 1.54) is 10.4 Å². The third kappa shape index (κ3) is 2.44. The van der Waals surface area contributed by atoms with E-state index >= 15 is 0 Å². The van der Waals surface area contributed by atoms with E-state index in [-0.39, 0.29) is 0 Å². The summed E-state index contributed by atoms with van der Waals surface area (Å²) < 4.78 is 0. The lowest BCUT2D eigenvalue weighted by atomic mass is 10.2. The summed E-state index contributed by atoms with van der Waals surface area (Å²) in [7, 11) is 0. The second kappa shape index (κ2) is 4.97. The van der Waals surface area contributed by atoms with Gasteiger partial charge in [-0.25, -0.2) is 9.97 Å². The van der Waals surface area contributed by atoms with Crippen LogP contribution in [-0.2, 0) is 6.42 Å². The van der Waals surface area contributed by atoms with E-state index in [0.717, 1.165) is 29.4 Å². The number of hydrogen-bond donors (Lipinski definition) is 1. The Morgan fingerprint density at radius 3 is 2.75 bits per heavy atom. The Morgan fingerprint density at radius 2 is 2.12 bits per heavy atom. The predicted molar refractivity (Wildman–Crippen MR) is 72.4 cm³/mol. The molecule has 2 aromatic rings. The standard InChI is InChI=1S/C12H14N2S2/c1-8-4-6-16-12(8)10-7-9(2)13-11(14-10)3-5-15/h4,6-7,15H,3,5H2,1-2H3. The highest BCUT2D eigenvalue weighted by atomic mass is 32.1. The van der Waals surface area contributed by atoms with Gasteiger partial charge in [-0.05, 0) is 42.7 Å². The summed E-state index contributed by atoms with van der Waals surface area (Å²) in [6.07, 6.45) is 0.822. The van der Waals surface area contributed by atoms with Gasteiger partial charge in [0.05, 0.1) is 10.6 Å². The highest BCUT2D eigenvalue weighted by molar-refractivity contribution is 7.80. The zero-order valence-corrected chi connectivity index (χ0v) is 11.1. The van der Waals surface area contributed by atoms with Crippen molar-refractivity contribution in [2.45, 2.75) is 20.3 Å². The van der Waals surface area contributed by atoms with E-state index in [1.54, 1.807) is 11.3 Å². The summed E-state index contributed by atoms with van der Waals surface area (Å²) in [4.78, 5) is 10.2. The van der Waals surface area contributed by atoms with Crippen molar-refractivity contribution in [2.24, 2.45) is 0 Å². The lowest BCUT2D eigenvalue weighted by molar-refractivity contribution is 0.930. The van der Waals surface area contributed by atoms with Gasteiger partial charge in [0.1, 0.15) is 5.82 Å². The van der Waals surface area contributed by atoms with E-state index < -0.39 is 0 Å². The van der Waals surface area contributed by atoms with Crippen LogP contribution in [0.1, 0.15) is 17.1 Å². The van der Waals surface area contributed by atoms with Crippen molar-refractivity contribution in [1.29, 1.82) is 0 Å². The van der Waals surface area contributed by atoms with E-state index in [1.807, 2.05) is 13.0 Å². The zero-order valence-electron chi connectivity index (χ0n) is 9.40. The third-order valence-corrected chi connectivity index (χ3v) is 3.59. The van der Waals surface area contributed by atoms with Gasteiger partial charge in [-0.1, -0.05) is 0 Å². The van der Waals surface area contributed by atoms with Gasteiger partial charge in [0.2, 0.25) is 0 Å². The molecule has 0 N–H and O–H groups in total. The SMILES string of the molecule is Cc1cc(-c2sccc2C)nc(CCS)n1. The first-order chi connectivity index (χ1) is 7.70. The molecule has 0 aliphatic carbocycles. The largest absolute Gasteiger partial charge is 0.238 e. The third-order valence-electron chi connectivity index (χ3n) is 2.33. The first-order valence-corrected chi connectivity index (χ1v) is 6.72. The molecule has 84 valence electrons. The molecule has 0 amide bonds. The molecular weight excluding hydrogens is 236 g/mol.